The van der Waals surface area contributed by atoms with Gasteiger partial charge in [-0.1, -0.05) is 30.3 Å². The number of rotatable bonds is 5. The second-order valence-corrected chi connectivity index (χ2v) is 6.35. The molecule has 2 rings (SSSR count). The Morgan fingerprint density at radius 2 is 2.00 bits per heavy atom. The summed E-state index contributed by atoms with van der Waals surface area (Å²) in [6.45, 7) is 0.296. The zero-order chi connectivity index (χ0) is 13.9. The van der Waals surface area contributed by atoms with Gasteiger partial charge >= 0.3 is 0 Å². The maximum Gasteiger partial charge on any atom is 0.260 e. The average molecular weight is 300 g/mol. The minimum absolute atomic E-state index is 0.0564. The van der Waals surface area contributed by atoms with E-state index in [0.717, 1.165) is 5.56 Å². The summed E-state index contributed by atoms with van der Waals surface area (Å²) in [7, 11) is -2.08. The highest BCUT2D eigenvalue weighted by Crippen LogP contribution is 2.19. The van der Waals surface area contributed by atoms with Crippen LogP contribution in [0.15, 0.2) is 41.6 Å². The lowest BCUT2D eigenvalue weighted by Gasteiger charge is -2.16. The Kier molecular flexibility index (Phi) is 4.24. The number of benzene rings is 1. The second-order valence-electron chi connectivity index (χ2n) is 4.10. The highest BCUT2D eigenvalue weighted by atomic mass is 35.5. The Balaban J connectivity index is 2.25. The van der Waals surface area contributed by atoms with E-state index in [1.54, 1.807) is 0 Å². The zero-order valence-electron chi connectivity index (χ0n) is 10.4. The summed E-state index contributed by atoms with van der Waals surface area (Å²) < 4.78 is 26.0. The number of H-pyrrole nitrogens is 1. The van der Waals surface area contributed by atoms with E-state index in [1.165, 1.54) is 17.5 Å². The maximum atomic E-state index is 12.4. The van der Waals surface area contributed by atoms with E-state index in [0.29, 0.717) is 12.1 Å². The van der Waals surface area contributed by atoms with Crippen molar-refractivity contribution in [3.8, 4) is 0 Å². The lowest BCUT2D eigenvalue weighted by molar-refractivity contribution is 0.463. The number of aromatic amines is 1. The van der Waals surface area contributed by atoms with Crippen LogP contribution in [0.5, 0.6) is 0 Å². The number of sulfonamides is 1. The van der Waals surface area contributed by atoms with Gasteiger partial charge in [0.25, 0.3) is 10.0 Å². The summed E-state index contributed by atoms with van der Waals surface area (Å²) in [5.41, 5.74) is 1.39. The number of hydrogen-bond donors (Lipinski definition) is 1. The first kappa shape index (κ1) is 14.0. The lowest BCUT2D eigenvalue weighted by atomic mass is 10.2. The Morgan fingerprint density at radius 3 is 2.63 bits per heavy atom. The van der Waals surface area contributed by atoms with Crippen LogP contribution in [0.25, 0.3) is 0 Å². The molecule has 1 aromatic carbocycles. The van der Waals surface area contributed by atoms with Gasteiger partial charge in [-0.2, -0.15) is 9.40 Å². The summed E-state index contributed by atoms with van der Waals surface area (Å²) in [6, 6.07) is 9.38. The standard InChI is InChI=1S/C12H14ClN3O2S/c1-16(9-10-5-3-2-4-6-10)19(17,18)12-11(7-13)8-14-15-12/h2-6,8H,7,9H2,1H3,(H,14,15). The van der Waals surface area contributed by atoms with Crippen LogP contribution < -0.4 is 0 Å². The number of alkyl halides is 1. The molecule has 1 heterocycles. The molecule has 1 aromatic heterocycles. The molecule has 0 saturated heterocycles. The van der Waals surface area contributed by atoms with Crippen LogP contribution in [-0.4, -0.2) is 30.0 Å². The van der Waals surface area contributed by atoms with Crippen molar-refractivity contribution < 1.29 is 8.42 Å². The van der Waals surface area contributed by atoms with E-state index in [1.807, 2.05) is 30.3 Å². The minimum Gasteiger partial charge on any atom is -0.266 e. The number of nitrogens with zero attached hydrogens (tertiary/aromatic N) is 2. The molecule has 0 aliphatic heterocycles. The van der Waals surface area contributed by atoms with Crippen molar-refractivity contribution in [2.75, 3.05) is 7.05 Å². The van der Waals surface area contributed by atoms with Gasteiger partial charge in [0.1, 0.15) is 0 Å². The first-order valence-corrected chi connectivity index (χ1v) is 7.61. The Morgan fingerprint density at radius 1 is 1.32 bits per heavy atom. The number of nitrogens with one attached hydrogen (secondary N) is 1. The van der Waals surface area contributed by atoms with Crippen molar-refractivity contribution in [3.63, 3.8) is 0 Å². The van der Waals surface area contributed by atoms with Crippen LogP contribution in [-0.2, 0) is 22.4 Å². The van der Waals surface area contributed by atoms with Crippen molar-refractivity contribution in [2.45, 2.75) is 17.5 Å². The fourth-order valence-corrected chi connectivity index (χ4v) is 3.24. The molecule has 0 saturated carbocycles. The summed E-state index contributed by atoms with van der Waals surface area (Å²) >= 11 is 5.70. The van der Waals surface area contributed by atoms with Crippen LogP contribution in [0.2, 0.25) is 0 Å². The summed E-state index contributed by atoms with van der Waals surface area (Å²) in [4.78, 5) is 0. The Hall–Kier alpha value is -1.37. The van der Waals surface area contributed by atoms with Crippen LogP contribution in [0.3, 0.4) is 0 Å². The topological polar surface area (TPSA) is 66.1 Å². The van der Waals surface area contributed by atoms with Crippen molar-refractivity contribution in [2.24, 2.45) is 0 Å². The first-order chi connectivity index (χ1) is 9.05. The third kappa shape index (κ3) is 2.97. The zero-order valence-corrected chi connectivity index (χ0v) is 11.9. The van der Waals surface area contributed by atoms with Gasteiger partial charge in [-0.25, -0.2) is 8.42 Å². The Labute approximate surface area is 117 Å². The quantitative estimate of drug-likeness (QED) is 0.858. The third-order valence-electron chi connectivity index (χ3n) is 2.74. The molecular formula is C12H14ClN3O2S. The van der Waals surface area contributed by atoms with Crippen molar-refractivity contribution in [1.29, 1.82) is 0 Å². The van der Waals surface area contributed by atoms with E-state index in [9.17, 15) is 8.42 Å². The molecule has 0 radical (unpaired) electrons. The molecule has 5 nitrogen and oxygen atoms in total. The molecule has 19 heavy (non-hydrogen) atoms. The second kappa shape index (κ2) is 5.73. The molecule has 0 amide bonds. The van der Waals surface area contributed by atoms with Gasteiger partial charge in [0.05, 0.1) is 12.1 Å². The predicted octanol–water partition coefficient (Wildman–Crippen LogP) is 1.97. The smallest absolute Gasteiger partial charge is 0.260 e. The van der Waals surface area contributed by atoms with Gasteiger partial charge in [0.2, 0.25) is 0 Å². The molecular weight excluding hydrogens is 286 g/mol. The summed E-state index contributed by atoms with van der Waals surface area (Å²) in [5, 5.41) is 6.29. The third-order valence-corrected chi connectivity index (χ3v) is 4.85. The molecule has 1 N–H and O–H groups in total. The van der Waals surface area contributed by atoms with Gasteiger partial charge in [-0.15, -0.1) is 11.6 Å². The van der Waals surface area contributed by atoms with Crippen LogP contribution >= 0.6 is 11.6 Å². The highest BCUT2D eigenvalue weighted by Gasteiger charge is 2.25. The average Bonchev–Trinajstić information content (AvgIpc) is 2.88. The molecule has 0 fully saturated rings. The van der Waals surface area contributed by atoms with Crippen molar-refractivity contribution >= 4 is 21.6 Å². The first-order valence-electron chi connectivity index (χ1n) is 5.64. The number of halogens is 1. The normalized spacial score (nSPS) is 11.9. The van der Waals surface area contributed by atoms with Crippen LogP contribution in [0, 0.1) is 0 Å². The van der Waals surface area contributed by atoms with E-state index in [2.05, 4.69) is 10.2 Å². The number of aromatic nitrogens is 2. The predicted molar refractivity (Wildman–Crippen MR) is 73.2 cm³/mol. The molecule has 0 atom stereocenters. The fraction of sp³-hybridized carbons (Fsp3) is 0.250. The summed E-state index contributed by atoms with van der Waals surface area (Å²) in [6.07, 6.45) is 1.43. The van der Waals surface area contributed by atoms with E-state index in [-0.39, 0.29) is 10.9 Å². The van der Waals surface area contributed by atoms with Gasteiger partial charge < -0.3 is 0 Å². The summed E-state index contributed by atoms with van der Waals surface area (Å²) in [5.74, 6) is 0.101. The molecule has 2 aromatic rings. The van der Waals surface area contributed by atoms with Crippen LogP contribution in [0.1, 0.15) is 11.1 Å². The highest BCUT2D eigenvalue weighted by molar-refractivity contribution is 7.89. The van der Waals surface area contributed by atoms with E-state index in [4.69, 9.17) is 11.6 Å². The van der Waals surface area contributed by atoms with Crippen molar-refractivity contribution in [3.05, 3.63) is 47.7 Å². The van der Waals surface area contributed by atoms with E-state index >= 15 is 0 Å². The molecule has 0 unspecified atom stereocenters. The van der Waals surface area contributed by atoms with Gasteiger partial charge in [0, 0.05) is 19.2 Å². The largest absolute Gasteiger partial charge is 0.266 e. The molecule has 7 heteroatoms. The minimum atomic E-state index is -3.61. The molecule has 0 aliphatic carbocycles. The van der Waals surface area contributed by atoms with Gasteiger partial charge in [-0.05, 0) is 5.56 Å². The maximum absolute atomic E-state index is 12.4. The van der Waals surface area contributed by atoms with Crippen molar-refractivity contribution in [1.82, 2.24) is 14.5 Å². The molecule has 102 valence electrons. The van der Waals surface area contributed by atoms with Gasteiger partial charge in [-0.3, -0.25) is 5.10 Å². The molecule has 0 aliphatic rings. The lowest BCUT2D eigenvalue weighted by Crippen LogP contribution is -2.27. The monoisotopic (exact) mass is 299 g/mol. The van der Waals surface area contributed by atoms with Gasteiger partial charge in [0.15, 0.2) is 5.03 Å². The Bertz CT molecular complexity index is 640. The van der Waals surface area contributed by atoms with E-state index < -0.39 is 10.0 Å². The molecule has 0 bridgehead atoms. The number of hydrogen-bond acceptors (Lipinski definition) is 3. The SMILES string of the molecule is CN(Cc1ccccc1)S(=O)(=O)c1[nH]ncc1CCl. The van der Waals surface area contributed by atoms with Crippen LogP contribution in [0.4, 0.5) is 0 Å². The fourth-order valence-electron chi connectivity index (χ4n) is 1.70. The molecule has 0 spiro atoms.